The summed E-state index contributed by atoms with van der Waals surface area (Å²) in [6.07, 6.45) is 3.16. The minimum Gasteiger partial charge on any atom is -0.481 e. The van der Waals surface area contributed by atoms with Gasteiger partial charge in [0.1, 0.15) is 0 Å². The minimum atomic E-state index is -0.700. The number of carboxylic acids is 1. The Bertz CT molecular complexity index is 417. The van der Waals surface area contributed by atoms with E-state index in [1.165, 1.54) is 11.1 Å². The van der Waals surface area contributed by atoms with Gasteiger partial charge >= 0.3 is 5.97 Å². The molecule has 0 saturated carbocycles. The molecular formula is C15H21NO2. The van der Waals surface area contributed by atoms with Crippen LogP contribution in [-0.2, 0) is 11.2 Å². The van der Waals surface area contributed by atoms with Crippen LogP contribution in [0.15, 0.2) is 24.3 Å². The van der Waals surface area contributed by atoms with Crippen LogP contribution >= 0.6 is 0 Å². The topological polar surface area (TPSA) is 40.5 Å². The molecule has 1 aromatic carbocycles. The van der Waals surface area contributed by atoms with Gasteiger partial charge < -0.3 is 5.11 Å². The second-order valence-electron chi connectivity index (χ2n) is 4.93. The van der Waals surface area contributed by atoms with Crippen LogP contribution in [0.4, 0.5) is 0 Å². The summed E-state index contributed by atoms with van der Waals surface area (Å²) in [5.74, 6) is -0.700. The normalized spacial score (nSPS) is 19.5. The van der Waals surface area contributed by atoms with Gasteiger partial charge in [-0.1, -0.05) is 31.2 Å². The van der Waals surface area contributed by atoms with Crippen LogP contribution in [0.5, 0.6) is 0 Å². The third-order valence-corrected chi connectivity index (χ3v) is 3.67. The smallest absolute Gasteiger partial charge is 0.303 e. The van der Waals surface area contributed by atoms with Crippen LogP contribution in [-0.4, -0.2) is 29.1 Å². The first-order valence-electron chi connectivity index (χ1n) is 6.76. The second kappa shape index (κ2) is 6.01. The Labute approximate surface area is 108 Å². The van der Waals surface area contributed by atoms with E-state index in [4.69, 9.17) is 5.11 Å². The number of nitrogens with zero attached hydrogens (tertiary/aromatic N) is 1. The number of carboxylic acid groups (broad SMARTS) is 1. The second-order valence-corrected chi connectivity index (χ2v) is 4.93. The van der Waals surface area contributed by atoms with Crippen molar-refractivity contribution in [1.82, 2.24) is 4.90 Å². The maximum Gasteiger partial charge on any atom is 0.303 e. The highest BCUT2D eigenvalue weighted by Gasteiger charge is 2.26. The molecule has 2 rings (SSSR count). The molecule has 18 heavy (non-hydrogen) atoms. The van der Waals surface area contributed by atoms with Crippen LogP contribution in [0.3, 0.4) is 0 Å². The quantitative estimate of drug-likeness (QED) is 0.869. The fraction of sp³-hybridized carbons (Fsp3) is 0.533. The Hall–Kier alpha value is -1.35. The van der Waals surface area contributed by atoms with E-state index >= 15 is 0 Å². The Morgan fingerprint density at radius 1 is 1.44 bits per heavy atom. The van der Waals surface area contributed by atoms with E-state index in [0.717, 1.165) is 25.9 Å². The fourth-order valence-electron chi connectivity index (χ4n) is 2.86. The van der Waals surface area contributed by atoms with Gasteiger partial charge in [0.2, 0.25) is 0 Å². The first kappa shape index (κ1) is 13.1. The number of fused-ring (bicyclic) bond motifs is 1. The van der Waals surface area contributed by atoms with Crippen molar-refractivity contribution in [3.63, 3.8) is 0 Å². The van der Waals surface area contributed by atoms with E-state index in [2.05, 4.69) is 36.1 Å². The lowest BCUT2D eigenvalue weighted by atomic mass is 9.90. The Kier molecular flexibility index (Phi) is 4.37. The summed E-state index contributed by atoms with van der Waals surface area (Å²) in [7, 11) is 0. The lowest BCUT2D eigenvalue weighted by molar-refractivity contribution is -0.137. The van der Waals surface area contributed by atoms with Gasteiger partial charge in [-0.25, -0.2) is 0 Å². The average Bonchev–Trinajstić information content (AvgIpc) is 2.37. The Balaban J connectivity index is 2.19. The Morgan fingerprint density at radius 2 is 2.22 bits per heavy atom. The molecule has 1 aliphatic rings. The highest BCUT2D eigenvalue weighted by atomic mass is 16.4. The molecule has 3 nitrogen and oxygen atoms in total. The summed E-state index contributed by atoms with van der Waals surface area (Å²) in [4.78, 5) is 13.2. The molecule has 3 heteroatoms. The van der Waals surface area contributed by atoms with Gasteiger partial charge in [0.05, 0.1) is 0 Å². The number of hydrogen-bond acceptors (Lipinski definition) is 2. The molecule has 0 amide bonds. The first-order chi connectivity index (χ1) is 8.72. The van der Waals surface area contributed by atoms with Crippen molar-refractivity contribution in [2.45, 2.75) is 38.6 Å². The zero-order chi connectivity index (χ0) is 13.0. The zero-order valence-electron chi connectivity index (χ0n) is 10.9. The zero-order valence-corrected chi connectivity index (χ0v) is 10.9. The van der Waals surface area contributed by atoms with Crippen molar-refractivity contribution in [2.75, 3.05) is 13.1 Å². The van der Waals surface area contributed by atoms with Crippen LogP contribution in [0.2, 0.25) is 0 Å². The molecule has 0 spiro atoms. The monoisotopic (exact) mass is 247 g/mol. The molecule has 0 aliphatic carbocycles. The SMILES string of the molecule is CCCN1CCc2ccccc2C1CCC(=O)O. The summed E-state index contributed by atoms with van der Waals surface area (Å²) in [5, 5.41) is 8.89. The van der Waals surface area contributed by atoms with Gasteiger partial charge in [-0.2, -0.15) is 0 Å². The fourth-order valence-corrected chi connectivity index (χ4v) is 2.86. The molecule has 1 aromatic rings. The maximum absolute atomic E-state index is 10.8. The van der Waals surface area contributed by atoms with Crippen LogP contribution in [0.1, 0.15) is 43.4 Å². The molecule has 0 radical (unpaired) electrons. The highest BCUT2D eigenvalue weighted by Crippen LogP contribution is 2.32. The summed E-state index contributed by atoms with van der Waals surface area (Å²) in [6.45, 7) is 4.28. The summed E-state index contributed by atoms with van der Waals surface area (Å²) in [5.41, 5.74) is 2.72. The van der Waals surface area contributed by atoms with Gasteiger partial charge in [-0.05, 0) is 36.9 Å². The molecule has 0 saturated heterocycles. The minimum absolute atomic E-state index is 0.249. The predicted octanol–water partition coefficient (Wildman–Crippen LogP) is 2.86. The Morgan fingerprint density at radius 3 is 2.94 bits per heavy atom. The molecule has 1 N–H and O–H groups in total. The molecule has 0 aromatic heterocycles. The third-order valence-electron chi connectivity index (χ3n) is 3.67. The van der Waals surface area contributed by atoms with Crippen molar-refractivity contribution < 1.29 is 9.90 Å². The third kappa shape index (κ3) is 2.91. The number of aliphatic carboxylic acids is 1. The highest BCUT2D eigenvalue weighted by molar-refractivity contribution is 5.66. The molecule has 1 heterocycles. The summed E-state index contributed by atoms with van der Waals surface area (Å²) in [6, 6.07) is 8.74. The van der Waals surface area contributed by atoms with Gasteiger partial charge in [-0.15, -0.1) is 0 Å². The molecular weight excluding hydrogens is 226 g/mol. The van der Waals surface area contributed by atoms with E-state index in [-0.39, 0.29) is 12.5 Å². The van der Waals surface area contributed by atoms with E-state index in [1.54, 1.807) is 0 Å². The van der Waals surface area contributed by atoms with Gasteiger partial charge in [0, 0.05) is 19.0 Å². The standard InChI is InChI=1S/C15H21NO2/c1-2-10-16-11-9-12-5-3-4-6-13(12)14(16)7-8-15(17)18/h3-6,14H,2,7-11H2,1H3,(H,17,18). The van der Waals surface area contributed by atoms with E-state index in [1.807, 2.05) is 0 Å². The lowest BCUT2D eigenvalue weighted by Gasteiger charge is -2.37. The van der Waals surface area contributed by atoms with E-state index in [0.29, 0.717) is 6.42 Å². The average molecular weight is 247 g/mol. The van der Waals surface area contributed by atoms with Crippen molar-refractivity contribution in [2.24, 2.45) is 0 Å². The number of carbonyl (C=O) groups is 1. The molecule has 0 bridgehead atoms. The van der Waals surface area contributed by atoms with Gasteiger partial charge in [-0.3, -0.25) is 9.69 Å². The van der Waals surface area contributed by atoms with Crippen molar-refractivity contribution in [3.05, 3.63) is 35.4 Å². The number of benzene rings is 1. The van der Waals surface area contributed by atoms with Crippen LogP contribution in [0, 0.1) is 0 Å². The molecule has 0 fully saturated rings. The lowest BCUT2D eigenvalue weighted by Crippen LogP contribution is -2.36. The molecule has 1 atom stereocenters. The van der Waals surface area contributed by atoms with Crippen molar-refractivity contribution in [3.8, 4) is 0 Å². The molecule has 1 aliphatic heterocycles. The number of rotatable bonds is 5. The van der Waals surface area contributed by atoms with E-state index < -0.39 is 5.97 Å². The summed E-state index contributed by atoms with van der Waals surface area (Å²) >= 11 is 0. The first-order valence-corrected chi connectivity index (χ1v) is 6.76. The molecule has 1 unspecified atom stereocenters. The maximum atomic E-state index is 10.8. The van der Waals surface area contributed by atoms with Crippen LogP contribution < -0.4 is 0 Å². The number of hydrogen-bond donors (Lipinski definition) is 1. The van der Waals surface area contributed by atoms with Crippen LogP contribution in [0.25, 0.3) is 0 Å². The van der Waals surface area contributed by atoms with Gasteiger partial charge in [0.15, 0.2) is 0 Å². The predicted molar refractivity (Wildman–Crippen MR) is 71.6 cm³/mol. The van der Waals surface area contributed by atoms with E-state index in [9.17, 15) is 4.79 Å². The van der Waals surface area contributed by atoms with Crippen molar-refractivity contribution in [1.29, 1.82) is 0 Å². The summed E-state index contributed by atoms with van der Waals surface area (Å²) < 4.78 is 0. The van der Waals surface area contributed by atoms with Crippen molar-refractivity contribution >= 4 is 5.97 Å². The molecule has 98 valence electrons. The largest absolute Gasteiger partial charge is 0.481 e. The van der Waals surface area contributed by atoms with Gasteiger partial charge in [0.25, 0.3) is 0 Å².